The Labute approximate surface area is 211 Å². The molecule has 2 aliphatic heterocycles. The van der Waals surface area contributed by atoms with E-state index in [2.05, 4.69) is 48.3 Å². The number of hydrogen-bond acceptors (Lipinski definition) is 6. The van der Waals surface area contributed by atoms with Crippen LogP contribution in [0.25, 0.3) is 11.4 Å². The molecule has 1 fully saturated rings. The summed E-state index contributed by atoms with van der Waals surface area (Å²) in [5.41, 5.74) is 4.74. The first-order valence-electron chi connectivity index (χ1n) is 13.1. The van der Waals surface area contributed by atoms with Crippen LogP contribution in [0.3, 0.4) is 0 Å². The molecule has 0 bridgehead atoms. The Morgan fingerprint density at radius 2 is 1.78 bits per heavy atom. The lowest BCUT2D eigenvalue weighted by atomic mass is 9.73. The number of fused-ring (bicyclic) bond motifs is 3. The van der Waals surface area contributed by atoms with Crippen molar-refractivity contribution >= 4 is 5.91 Å². The van der Waals surface area contributed by atoms with Gasteiger partial charge in [-0.25, -0.2) is 0 Å². The monoisotopic (exact) mass is 487 g/mol. The molecule has 3 aliphatic rings. The molecule has 3 heterocycles. The first-order chi connectivity index (χ1) is 17.5. The van der Waals surface area contributed by atoms with Crippen LogP contribution in [0.1, 0.15) is 74.5 Å². The van der Waals surface area contributed by atoms with Gasteiger partial charge < -0.3 is 18.9 Å². The van der Waals surface area contributed by atoms with E-state index < -0.39 is 0 Å². The molecule has 2 aromatic carbocycles. The van der Waals surface area contributed by atoms with Crippen LogP contribution in [0.5, 0.6) is 11.5 Å². The normalized spacial score (nSPS) is 18.0. The Kier molecular flexibility index (Phi) is 5.94. The molecule has 0 unspecified atom stereocenters. The van der Waals surface area contributed by atoms with E-state index in [9.17, 15) is 4.79 Å². The summed E-state index contributed by atoms with van der Waals surface area (Å²) in [6, 6.07) is 12.5. The van der Waals surface area contributed by atoms with Crippen LogP contribution in [0, 0.1) is 0 Å². The van der Waals surface area contributed by atoms with E-state index in [-0.39, 0.29) is 11.3 Å². The number of nitrogens with zero attached hydrogens (tertiary/aromatic N) is 3. The van der Waals surface area contributed by atoms with Crippen molar-refractivity contribution < 1.29 is 18.8 Å². The first-order valence-corrected chi connectivity index (χ1v) is 13.1. The van der Waals surface area contributed by atoms with Crippen molar-refractivity contribution in [3.8, 4) is 22.9 Å². The molecule has 188 valence electrons. The second kappa shape index (κ2) is 9.26. The van der Waals surface area contributed by atoms with Gasteiger partial charge in [0.05, 0.1) is 0 Å². The molecular formula is C29H33N3O4. The van der Waals surface area contributed by atoms with Crippen LogP contribution in [-0.2, 0) is 23.2 Å². The fourth-order valence-electron chi connectivity index (χ4n) is 5.99. The topological polar surface area (TPSA) is 77.7 Å². The molecule has 1 aromatic heterocycles. The number of rotatable bonds is 5. The average molecular weight is 488 g/mol. The van der Waals surface area contributed by atoms with Crippen LogP contribution in [-0.4, -0.2) is 40.7 Å². The molecule has 1 saturated carbocycles. The minimum atomic E-state index is 0.0128. The van der Waals surface area contributed by atoms with Crippen molar-refractivity contribution in [1.29, 1.82) is 0 Å². The predicted octanol–water partition coefficient (Wildman–Crippen LogP) is 5.42. The van der Waals surface area contributed by atoms with Gasteiger partial charge >= 0.3 is 0 Å². The highest BCUT2D eigenvalue weighted by molar-refractivity contribution is 5.77. The molecule has 0 N–H and O–H groups in total. The summed E-state index contributed by atoms with van der Waals surface area (Å²) in [5, 5.41) is 4.14. The number of aryl methyl sites for hydroxylation is 1. The number of benzene rings is 2. The van der Waals surface area contributed by atoms with E-state index in [4.69, 9.17) is 14.0 Å². The lowest BCUT2D eigenvalue weighted by molar-refractivity contribution is -0.133. The van der Waals surface area contributed by atoms with Gasteiger partial charge in [0.25, 0.3) is 0 Å². The maximum Gasteiger partial charge on any atom is 0.227 e. The summed E-state index contributed by atoms with van der Waals surface area (Å²) in [4.78, 5) is 19.9. The standard InChI is InChI=1S/C29H33N3O4/c1-19(2)20-5-7-21(8-6-20)28-30-26(36-31-28)9-10-27(33)32-17-22-15-24-25(35-14-13-34-24)16-23(22)29(18-32)11-3-4-12-29/h5-8,15-16,19H,3-4,9-14,17-18H2,1-2H3. The smallest absolute Gasteiger partial charge is 0.227 e. The van der Waals surface area contributed by atoms with E-state index >= 15 is 0 Å². The Hall–Kier alpha value is -3.35. The maximum atomic E-state index is 13.4. The van der Waals surface area contributed by atoms with E-state index in [1.165, 1.54) is 29.5 Å². The first kappa shape index (κ1) is 23.1. The van der Waals surface area contributed by atoms with Gasteiger partial charge in [0.15, 0.2) is 11.5 Å². The molecule has 1 spiro atoms. The van der Waals surface area contributed by atoms with Gasteiger partial charge in [-0.3, -0.25) is 4.79 Å². The average Bonchev–Trinajstić information content (AvgIpc) is 3.57. The fraction of sp³-hybridized carbons (Fsp3) is 0.483. The van der Waals surface area contributed by atoms with Crippen molar-refractivity contribution in [2.24, 2.45) is 0 Å². The molecule has 0 atom stereocenters. The SMILES string of the molecule is CC(C)c1ccc(-c2noc(CCC(=O)N3Cc4cc5c(cc4C4(CCCC4)C3)OCCO5)n2)cc1. The van der Waals surface area contributed by atoms with Gasteiger partial charge in [0, 0.05) is 36.9 Å². The molecule has 0 saturated heterocycles. The number of hydrogen-bond donors (Lipinski definition) is 0. The molecule has 0 radical (unpaired) electrons. The number of carbonyl (C=O) groups is 1. The van der Waals surface area contributed by atoms with Crippen LogP contribution in [0.15, 0.2) is 40.9 Å². The van der Waals surface area contributed by atoms with Crippen LogP contribution in [0.4, 0.5) is 0 Å². The van der Waals surface area contributed by atoms with Crippen LogP contribution >= 0.6 is 0 Å². The summed E-state index contributed by atoms with van der Waals surface area (Å²) in [5.74, 6) is 3.31. The molecule has 1 amide bonds. The van der Waals surface area contributed by atoms with Gasteiger partial charge in [-0.1, -0.05) is 56.1 Å². The van der Waals surface area contributed by atoms with Gasteiger partial charge in [-0.2, -0.15) is 4.98 Å². The van der Waals surface area contributed by atoms with E-state index in [0.29, 0.717) is 50.2 Å². The van der Waals surface area contributed by atoms with Crippen molar-refractivity contribution in [1.82, 2.24) is 15.0 Å². The third-order valence-corrected chi connectivity index (χ3v) is 7.96. The lowest BCUT2D eigenvalue weighted by Crippen LogP contribution is -2.47. The predicted molar refractivity (Wildman–Crippen MR) is 135 cm³/mol. The van der Waals surface area contributed by atoms with E-state index in [1.54, 1.807) is 0 Å². The number of amides is 1. The quantitative estimate of drug-likeness (QED) is 0.478. The molecule has 6 rings (SSSR count). The zero-order chi connectivity index (χ0) is 24.7. The molecule has 36 heavy (non-hydrogen) atoms. The van der Waals surface area contributed by atoms with Gasteiger partial charge in [0.2, 0.25) is 17.6 Å². The fourth-order valence-corrected chi connectivity index (χ4v) is 5.99. The second-order valence-corrected chi connectivity index (χ2v) is 10.7. The Bertz CT molecular complexity index is 1260. The minimum absolute atomic E-state index is 0.0128. The zero-order valence-corrected chi connectivity index (χ0v) is 21.1. The van der Waals surface area contributed by atoms with Crippen molar-refractivity contribution in [2.45, 2.75) is 70.3 Å². The summed E-state index contributed by atoms with van der Waals surface area (Å²) in [6.07, 6.45) is 5.38. The van der Waals surface area contributed by atoms with E-state index in [1.807, 2.05) is 17.0 Å². The third kappa shape index (κ3) is 4.25. The van der Waals surface area contributed by atoms with Crippen LogP contribution < -0.4 is 9.47 Å². The highest BCUT2D eigenvalue weighted by Gasteiger charge is 2.43. The maximum absolute atomic E-state index is 13.4. The molecule has 7 heteroatoms. The molecular weight excluding hydrogens is 454 g/mol. The Morgan fingerprint density at radius 3 is 2.50 bits per heavy atom. The van der Waals surface area contributed by atoms with Crippen molar-refractivity contribution in [2.75, 3.05) is 19.8 Å². The summed E-state index contributed by atoms with van der Waals surface area (Å²) in [6.45, 7) is 6.85. The number of carbonyl (C=O) groups excluding carboxylic acids is 1. The largest absolute Gasteiger partial charge is 0.486 e. The van der Waals surface area contributed by atoms with Crippen LogP contribution in [0.2, 0.25) is 0 Å². The Balaban J connectivity index is 1.16. The molecule has 7 nitrogen and oxygen atoms in total. The minimum Gasteiger partial charge on any atom is -0.486 e. The zero-order valence-electron chi connectivity index (χ0n) is 21.1. The summed E-state index contributed by atoms with van der Waals surface area (Å²) >= 11 is 0. The molecule has 1 aliphatic carbocycles. The van der Waals surface area contributed by atoms with Crippen molar-refractivity contribution in [3.63, 3.8) is 0 Å². The van der Waals surface area contributed by atoms with Gasteiger partial charge in [-0.15, -0.1) is 0 Å². The highest BCUT2D eigenvalue weighted by Crippen LogP contribution is 2.49. The second-order valence-electron chi connectivity index (χ2n) is 10.7. The van der Waals surface area contributed by atoms with Gasteiger partial charge in [0.1, 0.15) is 13.2 Å². The highest BCUT2D eigenvalue weighted by atomic mass is 16.6. The van der Waals surface area contributed by atoms with Crippen molar-refractivity contribution in [3.05, 3.63) is 59.0 Å². The summed E-state index contributed by atoms with van der Waals surface area (Å²) in [7, 11) is 0. The number of aromatic nitrogens is 2. The van der Waals surface area contributed by atoms with E-state index in [0.717, 1.165) is 36.4 Å². The van der Waals surface area contributed by atoms with Gasteiger partial charge in [-0.05, 0) is 47.6 Å². The molecule has 3 aromatic rings. The summed E-state index contributed by atoms with van der Waals surface area (Å²) < 4.78 is 17.2. The lowest BCUT2D eigenvalue weighted by Gasteiger charge is -2.43. The Morgan fingerprint density at radius 1 is 1.06 bits per heavy atom. The number of ether oxygens (including phenoxy) is 2. The third-order valence-electron chi connectivity index (χ3n) is 7.96.